The Morgan fingerprint density at radius 1 is 0.833 bits per heavy atom. The number of halogens is 5. The van der Waals surface area contributed by atoms with E-state index in [9.17, 15) is 22.0 Å². The molecule has 1 heterocycles. The molecule has 0 N–H and O–H groups in total. The normalized spacial score (nSPS) is 18.8. The van der Waals surface area contributed by atoms with E-state index in [1.807, 2.05) is 0 Å². The lowest BCUT2D eigenvalue weighted by Gasteiger charge is -2.14. The van der Waals surface area contributed by atoms with Gasteiger partial charge >= 0.3 is 6.18 Å². The van der Waals surface area contributed by atoms with Crippen LogP contribution in [-0.4, -0.2) is 12.0 Å². The van der Waals surface area contributed by atoms with Crippen molar-refractivity contribution in [2.45, 2.75) is 25.2 Å². The van der Waals surface area contributed by atoms with Gasteiger partial charge in [-0.05, 0) is 47.9 Å². The molecule has 3 aromatic rings. The molecular formula is C23H16F5NO. The zero-order valence-corrected chi connectivity index (χ0v) is 15.8. The summed E-state index contributed by atoms with van der Waals surface area (Å²) >= 11 is 0. The molecule has 1 aliphatic rings. The summed E-state index contributed by atoms with van der Waals surface area (Å²) in [6, 6.07) is 14.9. The minimum atomic E-state index is -4.42. The average Bonchev–Trinajstić information content (AvgIpc) is 3.08. The summed E-state index contributed by atoms with van der Waals surface area (Å²) in [7, 11) is 0. The molecule has 1 aliphatic heterocycles. The van der Waals surface area contributed by atoms with Gasteiger partial charge in [-0.15, -0.1) is 0 Å². The van der Waals surface area contributed by atoms with Crippen molar-refractivity contribution in [3.05, 3.63) is 95.1 Å². The molecule has 0 aliphatic carbocycles. The molecule has 0 saturated carbocycles. The molecule has 0 spiro atoms. The first-order valence-corrected chi connectivity index (χ1v) is 9.20. The predicted molar refractivity (Wildman–Crippen MR) is 103 cm³/mol. The van der Waals surface area contributed by atoms with Crippen LogP contribution in [0.25, 0.3) is 11.1 Å². The zero-order valence-electron chi connectivity index (χ0n) is 15.8. The Hall–Kier alpha value is -3.22. The Bertz CT molecular complexity index is 1090. The second-order valence-corrected chi connectivity index (χ2v) is 7.00. The maximum atomic E-state index is 14.0. The highest BCUT2D eigenvalue weighted by Crippen LogP contribution is 2.35. The van der Waals surface area contributed by atoms with Gasteiger partial charge < -0.3 is 4.74 Å². The van der Waals surface area contributed by atoms with E-state index in [4.69, 9.17) is 4.74 Å². The molecule has 7 heteroatoms. The van der Waals surface area contributed by atoms with Crippen molar-refractivity contribution in [2.75, 3.05) is 0 Å². The van der Waals surface area contributed by atoms with Crippen LogP contribution in [-0.2, 0) is 10.9 Å². The molecule has 2 atom stereocenters. The average molecular weight is 417 g/mol. The molecule has 30 heavy (non-hydrogen) atoms. The monoisotopic (exact) mass is 417 g/mol. The number of aliphatic imine (C=N–C) groups is 1. The topological polar surface area (TPSA) is 21.6 Å². The van der Waals surface area contributed by atoms with Gasteiger partial charge in [-0.3, -0.25) is 0 Å². The summed E-state index contributed by atoms with van der Waals surface area (Å²) in [6.07, 6.45) is -4.88. The number of hydrogen-bond acceptors (Lipinski definition) is 2. The molecule has 4 rings (SSSR count). The highest BCUT2D eigenvalue weighted by molar-refractivity contribution is 5.96. The number of alkyl halides is 3. The maximum absolute atomic E-state index is 14.0. The van der Waals surface area contributed by atoms with Crippen LogP contribution in [0.3, 0.4) is 0 Å². The fourth-order valence-electron chi connectivity index (χ4n) is 3.42. The van der Waals surface area contributed by atoms with Crippen LogP contribution in [0.2, 0.25) is 0 Å². The van der Waals surface area contributed by atoms with E-state index in [0.29, 0.717) is 11.1 Å². The van der Waals surface area contributed by atoms with E-state index in [0.717, 1.165) is 29.8 Å². The summed E-state index contributed by atoms with van der Waals surface area (Å²) in [5.41, 5.74) is 0.742. The third-order valence-corrected chi connectivity index (χ3v) is 4.95. The van der Waals surface area contributed by atoms with E-state index in [1.165, 1.54) is 12.1 Å². The van der Waals surface area contributed by atoms with Crippen LogP contribution in [0.1, 0.15) is 29.7 Å². The molecule has 3 aromatic carbocycles. The van der Waals surface area contributed by atoms with Gasteiger partial charge in [0.25, 0.3) is 0 Å². The molecule has 1 unspecified atom stereocenters. The molecule has 0 saturated heterocycles. The van der Waals surface area contributed by atoms with Crippen molar-refractivity contribution in [2.24, 2.45) is 4.99 Å². The number of nitrogens with zero attached hydrogens (tertiary/aromatic N) is 1. The first-order valence-electron chi connectivity index (χ1n) is 9.20. The maximum Gasteiger partial charge on any atom is 0.416 e. The lowest BCUT2D eigenvalue weighted by atomic mass is 9.98. The fraction of sp³-hybridized carbons (Fsp3) is 0.174. The summed E-state index contributed by atoms with van der Waals surface area (Å²) in [5.74, 6) is -1.63. The summed E-state index contributed by atoms with van der Waals surface area (Å²) in [6.45, 7) is 1.74. The zero-order chi connectivity index (χ0) is 21.5. The lowest BCUT2D eigenvalue weighted by molar-refractivity contribution is -0.137. The van der Waals surface area contributed by atoms with E-state index in [-0.39, 0.29) is 11.5 Å². The Labute approximate surface area is 169 Å². The van der Waals surface area contributed by atoms with Gasteiger partial charge in [-0.1, -0.05) is 42.5 Å². The Morgan fingerprint density at radius 2 is 1.47 bits per heavy atom. The summed E-state index contributed by atoms with van der Waals surface area (Å²) in [5, 5.41) is 0. The SMILES string of the molecule is C[C@@H]1OC(c2c(F)cccc2F)=NC1c1ccc(-c2cccc(C(F)(F)F)c2)cc1. The minimum absolute atomic E-state index is 0.106. The summed E-state index contributed by atoms with van der Waals surface area (Å²) < 4.78 is 72.5. The van der Waals surface area contributed by atoms with Crippen LogP contribution in [0.4, 0.5) is 22.0 Å². The van der Waals surface area contributed by atoms with E-state index in [2.05, 4.69) is 4.99 Å². The first kappa shape index (κ1) is 20.1. The molecule has 0 radical (unpaired) electrons. The van der Waals surface area contributed by atoms with Crippen LogP contribution < -0.4 is 0 Å². The first-order chi connectivity index (χ1) is 14.2. The van der Waals surface area contributed by atoms with Crippen molar-refractivity contribution < 1.29 is 26.7 Å². The van der Waals surface area contributed by atoms with Gasteiger partial charge in [0.15, 0.2) is 0 Å². The van der Waals surface area contributed by atoms with Gasteiger partial charge in [0.2, 0.25) is 5.90 Å². The Kier molecular flexibility index (Phi) is 5.05. The van der Waals surface area contributed by atoms with Crippen molar-refractivity contribution in [1.29, 1.82) is 0 Å². The fourth-order valence-corrected chi connectivity index (χ4v) is 3.42. The van der Waals surface area contributed by atoms with Gasteiger partial charge in [-0.2, -0.15) is 13.2 Å². The highest BCUT2D eigenvalue weighted by Gasteiger charge is 2.32. The Morgan fingerprint density at radius 3 is 2.10 bits per heavy atom. The second-order valence-electron chi connectivity index (χ2n) is 7.00. The highest BCUT2D eigenvalue weighted by atomic mass is 19.4. The molecule has 0 fully saturated rings. The number of rotatable bonds is 3. The van der Waals surface area contributed by atoms with Crippen LogP contribution in [0, 0.1) is 11.6 Å². The van der Waals surface area contributed by atoms with Gasteiger partial charge in [-0.25, -0.2) is 13.8 Å². The Balaban J connectivity index is 1.63. The van der Waals surface area contributed by atoms with Crippen LogP contribution in [0.5, 0.6) is 0 Å². The molecule has 0 bridgehead atoms. The quantitative estimate of drug-likeness (QED) is 0.443. The molecule has 154 valence electrons. The smallest absolute Gasteiger partial charge is 0.416 e. The van der Waals surface area contributed by atoms with Crippen LogP contribution >= 0.6 is 0 Å². The molecule has 0 amide bonds. The standard InChI is InChI=1S/C23H16F5NO/c1-13-21(29-22(30-13)20-18(24)6-3-7-19(20)25)15-10-8-14(9-11-15)16-4-2-5-17(12-16)23(26,27)28/h2-13,21H,1H3/t13-,21?/m0/s1. The lowest BCUT2D eigenvalue weighted by Crippen LogP contribution is -2.14. The molecule has 0 aromatic heterocycles. The van der Waals surface area contributed by atoms with Crippen molar-refractivity contribution >= 4 is 5.90 Å². The van der Waals surface area contributed by atoms with Gasteiger partial charge in [0, 0.05) is 0 Å². The van der Waals surface area contributed by atoms with Crippen molar-refractivity contribution in [1.82, 2.24) is 0 Å². The molecule has 2 nitrogen and oxygen atoms in total. The number of hydrogen-bond donors (Lipinski definition) is 0. The third-order valence-electron chi connectivity index (χ3n) is 4.95. The largest absolute Gasteiger partial charge is 0.472 e. The van der Waals surface area contributed by atoms with E-state index >= 15 is 0 Å². The van der Waals surface area contributed by atoms with Crippen molar-refractivity contribution in [3.63, 3.8) is 0 Å². The van der Waals surface area contributed by atoms with E-state index < -0.39 is 35.5 Å². The number of benzene rings is 3. The number of ether oxygens (including phenoxy) is 1. The second kappa shape index (κ2) is 7.55. The molecular weight excluding hydrogens is 401 g/mol. The van der Waals surface area contributed by atoms with Gasteiger partial charge in [0.1, 0.15) is 29.3 Å². The predicted octanol–water partition coefficient (Wildman–Crippen LogP) is 6.56. The third kappa shape index (κ3) is 3.79. The minimum Gasteiger partial charge on any atom is -0.472 e. The van der Waals surface area contributed by atoms with Crippen molar-refractivity contribution in [3.8, 4) is 11.1 Å². The van der Waals surface area contributed by atoms with E-state index in [1.54, 1.807) is 37.3 Å². The van der Waals surface area contributed by atoms with Gasteiger partial charge in [0.05, 0.1) is 5.56 Å². The summed E-state index contributed by atoms with van der Waals surface area (Å²) in [4.78, 5) is 4.35. The van der Waals surface area contributed by atoms with Crippen LogP contribution in [0.15, 0.2) is 71.7 Å².